The predicted octanol–water partition coefficient (Wildman–Crippen LogP) is 4.63. The third-order valence-corrected chi connectivity index (χ3v) is 4.73. The molecule has 4 nitrogen and oxygen atoms in total. The Balaban J connectivity index is 1.59. The molecule has 1 atom stereocenters. The molecule has 0 unspecified atom stereocenters. The van der Waals surface area contributed by atoms with Gasteiger partial charge in [0.1, 0.15) is 0 Å². The fourth-order valence-electron chi connectivity index (χ4n) is 3.50. The van der Waals surface area contributed by atoms with Crippen LogP contribution in [0.5, 0.6) is 0 Å². The number of rotatable bonds is 3. The molecule has 1 fully saturated rings. The first-order chi connectivity index (χ1) is 12.2. The van der Waals surface area contributed by atoms with E-state index in [1.54, 1.807) is 6.07 Å². The Hall–Kier alpha value is -2.88. The van der Waals surface area contributed by atoms with Gasteiger partial charge in [0, 0.05) is 18.2 Å². The van der Waals surface area contributed by atoms with Crippen molar-refractivity contribution in [1.29, 1.82) is 0 Å². The normalized spacial score (nSPS) is 17.0. The molecule has 2 heterocycles. The molecule has 4 heteroatoms. The number of hydrogen-bond acceptors (Lipinski definition) is 3. The summed E-state index contributed by atoms with van der Waals surface area (Å²) in [5, 5.41) is 4.02. The van der Waals surface area contributed by atoms with Gasteiger partial charge in [-0.2, -0.15) is 0 Å². The topological polar surface area (TPSA) is 46.3 Å². The minimum atomic E-state index is -0.0602. The van der Waals surface area contributed by atoms with Crippen LogP contribution >= 0.6 is 0 Å². The van der Waals surface area contributed by atoms with Crippen LogP contribution in [-0.4, -0.2) is 22.5 Å². The first kappa shape index (κ1) is 15.6. The number of aromatic nitrogens is 1. The van der Waals surface area contributed by atoms with Crippen molar-refractivity contribution < 1.29 is 9.32 Å². The molecule has 126 valence electrons. The minimum absolute atomic E-state index is 0.0602. The second kappa shape index (κ2) is 6.55. The number of nitrogens with zero attached hydrogens (tertiary/aromatic N) is 2. The molecular formula is C21H20N2O2. The molecular weight excluding hydrogens is 312 g/mol. The maximum absolute atomic E-state index is 13.0. The van der Waals surface area contributed by atoms with E-state index in [1.165, 1.54) is 11.1 Å². The van der Waals surface area contributed by atoms with Gasteiger partial charge in [0.15, 0.2) is 11.5 Å². The molecule has 4 rings (SSSR count). The van der Waals surface area contributed by atoms with Gasteiger partial charge in [-0.25, -0.2) is 0 Å². The van der Waals surface area contributed by atoms with E-state index in [-0.39, 0.29) is 11.9 Å². The quantitative estimate of drug-likeness (QED) is 0.702. The van der Waals surface area contributed by atoms with Gasteiger partial charge in [0.2, 0.25) is 0 Å². The summed E-state index contributed by atoms with van der Waals surface area (Å²) in [5.74, 6) is 0.560. The fraction of sp³-hybridized carbons (Fsp3) is 0.238. The molecule has 3 aromatic rings. The highest BCUT2D eigenvalue weighted by Gasteiger charge is 2.32. The van der Waals surface area contributed by atoms with E-state index in [4.69, 9.17) is 4.52 Å². The molecule has 1 aliphatic heterocycles. The average molecular weight is 332 g/mol. The number of likely N-dealkylation sites (tertiary alicyclic amines) is 1. The molecule has 0 radical (unpaired) electrons. The Bertz CT molecular complexity index is 886. The van der Waals surface area contributed by atoms with E-state index in [0.29, 0.717) is 11.5 Å². The SMILES string of the molecule is Cc1cccc([C@@H]2CCCN2C(=O)c2cc(-c3ccccc3)on2)c1. The van der Waals surface area contributed by atoms with Crippen molar-refractivity contribution in [1.82, 2.24) is 10.1 Å². The summed E-state index contributed by atoms with van der Waals surface area (Å²) >= 11 is 0. The zero-order chi connectivity index (χ0) is 17.2. The van der Waals surface area contributed by atoms with Gasteiger partial charge >= 0.3 is 0 Å². The molecule has 1 aromatic heterocycles. The Kier molecular flexibility index (Phi) is 4.10. The standard InChI is InChI=1S/C21H20N2O2/c1-15-7-5-10-17(13-15)19-11-6-12-23(19)21(24)18-14-20(25-22-18)16-8-3-2-4-9-16/h2-5,7-10,13-14,19H,6,11-12H2,1H3/t19-/m0/s1. The number of carbonyl (C=O) groups is 1. The van der Waals surface area contributed by atoms with Crippen LogP contribution in [0.4, 0.5) is 0 Å². The second-order valence-electron chi connectivity index (χ2n) is 6.51. The molecule has 0 saturated carbocycles. The lowest BCUT2D eigenvalue weighted by molar-refractivity contribution is 0.0725. The molecule has 25 heavy (non-hydrogen) atoms. The summed E-state index contributed by atoms with van der Waals surface area (Å²) in [5.41, 5.74) is 3.70. The molecule has 1 amide bonds. The number of amides is 1. The largest absolute Gasteiger partial charge is 0.355 e. The van der Waals surface area contributed by atoms with Crippen molar-refractivity contribution in [3.05, 3.63) is 77.5 Å². The van der Waals surface area contributed by atoms with Crippen LogP contribution in [0, 0.1) is 6.92 Å². The molecule has 0 spiro atoms. The Morgan fingerprint density at radius 3 is 2.76 bits per heavy atom. The van der Waals surface area contributed by atoms with Gasteiger partial charge in [-0.15, -0.1) is 0 Å². The number of carbonyl (C=O) groups excluding carboxylic acids is 1. The molecule has 0 N–H and O–H groups in total. The third-order valence-electron chi connectivity index (χ3n) is 4.73. The van der Waals surface area contributed by atoms with E-state index < -0.39 is 0 Å². The summed E-state index contributed by atoms with van der Waals surface area (Å²) < 4.78 is 5.39. The van der Waals surface area contributed by atoms with Crippen LogP contribution in [0.1, 0.15) is 40.5 Å². The zero-order valence-corrected chi connectivity index (χ0v) is 14.2. The molecule has 2 aromatic carbocycles. The van der Waals surface area contributed by atoms with Gasteiger partial charge in [-0.3, -0.25) is 4.79 Å². The van der Waals surface area contributed by atoms with Crippen molar-refractivity contribution in [3.8, 4) is 11.3 Å². The van der Waals surface area contributed by atoms with Crippen molar-refractivity contribution >= 4 is 5.91 Å². The van der Waals surface area contributed by atoms with Crippen molar-refractivity contribution in [2.45, 2.75) is 25.8 Å². The fourth-order valence-corrected chi connectivity index (χ4v) is 3.50. The highest BCUT2D eigenvalue weighted by Crippen LogP contribution is 2.33. The summed E-state index contributed by atoms with van der Waals surface area (Å²) in [6.07, 6.45) is 1.99. The number of hydrogen-bond donors (Lipinski definition) is 0. The first-order valence-electron chi connectivity index (χ1n) is 8.62. The maximum atomic E-state index is 13.0. The monoisotopic (exact) mass is 332 g/mol. The van der Waals surface area contributed by atoms with E-state index in [1.807, 2.05) is 35.2 Å². The third kappa shape index (κ3) is 3.07. The van der Waals surface area contributed by atoms with Gasteiger partial charge < -0.3 is 9.42 Å². The second-order valence-corrected chi connectivity index (χ2v) is 6.51. The van der Waals surface area contributed by atoms with Crippen LogP contribution in [-0.2, 0) is 0 Å². The summed E-state index contributed by atoms with van der Waals surface area (Å²) in [6.45, 7) is 2.83. The van der Waals surface area contributed by atoms with E-state index in [2.05, 4.69) is 36.3 Å². The summed E-state index contributed by atoms with van der Waals surface area (Å²) in [7, 11) is 0. The lowest BCUT2D eigenvalue weighted by Crippen LogP contribution is -2.30. The van der Waals surface area contributed by atoms with Crippen molar-refractivity contribution in [2.24, 2.45) is 0 Å². The molecule has 1 aliphatic rings. The van der Waals surface area contributed by atoms with Crippen LogP contribution in [0.25, 0.3) is 11.3 Å². The number of aryl methyl sites for hydroxylation is 1. The van der Waals surface area contributed by atoms with Crippen LogP contribution < -0.4 is 0 Å². The molecule has 0 aliphatic carbocycles. The van der Waals surface area contributed by atoms with E-state index in [9.17, 15) is 4.79 Å². The molecule has 0 bridgehead atoms. The van der Waals surface area contributed by atoms with Crippen LogP contribution in [0.3, 0.4) is 0 Å². The van der Waals surface area contributed by atoms with Crippen LogP contribution in [0.2, 0.25) is 0 Å². The first-order valence-corrected chi connectivity index (χ1v) is 8.62. The van der Waals surface area contributed by atoms with E-state index >= 15 is 0 Å². The van der Waals surface area contributed by atoms with Gasteiger partial charge in [-0.05, 0) is 25.3 Å². The lowest BCUT2D eigenvalue weighted by atomic mass is 10.0. The summed E-state index contributed by atoms with van der Waals surface area (Å²) in [4.78, 5) is 14.9. The maximum Gasteiger partial charge on any atom is 0.276 e. The Labute approximate surface area is 147 Å². The van der Waals surface area contributed by atoms with Crippen molar-refractivity contribution in [3.63, 3.8) is 0 Å². The van der Waals surface area contributed by atoms with Gasteiger partial charge in [-0.1, -0.05) is 65.3 Å². The summed E-state index contributed by atoms with van der Waals surface area (Å²) in [6, 6.07) is 20.0. The van der Waals surface area contributed by atoms with Gasteiger partial charge in [0.25, 0.3) is 5.91 Å². The number of benzene rings is 2. The van der Waals surface area contributed by atoms with E-state index in [0.717, 1.165) is 24.9 Å². The van der Waals surface area contributed by atoms with Crippen molar-refractivity contribution in [2.75, 3.05) is 6.54 Å². The highest BCUT2D eigenvalue weighted by molar-refractivity contribution is 5.93. The van der Waals surface area contributed by atoms with Gasteiger partial charge in [0.05, 0.1) is 6.04 Å². The zero-order valence-electron chi connectivity index (χ0n) is 14.2. The smallest absolute Gasteiger partial charge is 0.276 e. The predicted molar refractivity (Wildman–Crippen MR) is 96.1 cm³/mol. The minimum Gasteiger partial charge on any atom is -0.355 e. The molecule has 1 saturated heterocycles. The lowest BCUT2D eigenvalue weighted by Gasteiger charge is -2.24. The highest BCUT2D eigenvalue weighted by atomic mass is 16.5. The Morgan fingerprint density at radius 2 is 1.96 bits per heavy atom. The van der Waals surface area contributed by atoms with Crippen LogP contribution in [0.15, 0.2) is 65.2 Å². The average Bonchev–Trinajstić information content (AvgIpc) is 3.32. The Morgan fingerprint density at radius 1 is 1.12 bits per heavy atom.